The van der Waals surface area contributed by atoms with Crippen molar-refractivity contribution >= 4 is 11.9 Å². The number of benzene rings is 1. The van der Waals surface area contributed by atoms with E-state index in [1.54, 1.807) is 0 Å². The molecule has 0 spiro atoms. The molecule has 6 rings (SSSR count). The van der Waals surface area contributed by atoms with Gasteiger partial charge < -0.3 is 24.6 Å². The Hall–Kier alpha value is -2.28. The molecule has 2 N–H and O–H groups in total. The molecule has 1 amide bonds. The summed E-state index contributed by atoms with van der Waals surface area (Å²) in [7, 11) is 0. The van der Waals surface area contributed by atoms with Crippen LogP contribution in [0.3, 0.4) is 0 Å². The molecule has 7 heteroatoms. The molecule has 0 saturated heterocycles. The van der Waals surface area contributed by atoms with Crippen LogP contribution in [-0.4, -0.2) is 48.4 Å². The summed E-state index contributed by atoms with van der Waals surface area (Å²) < 4.78 is 16.8. The van der Waals surface area contributed by atoms with Crippen LogP contribution in [0.5, 0.6) is 11.5 Å². The largest absolute Gasteiger partial charge is 0.486 e. The van der Waals surface area contributed by atoms with Gasteiger partial charge in [0.2, 0.25) is 0 Å². The smallest absolute Gasteiger partial charge is 0.312 e. The maximum Gasteiger partial charge on any atom is 0.312 e. The molecule has 4 bridgehead atoms. The molecule has 1 aliphatic heterocycles. The van der Waals surface area contributed by atoms with Crippen molar-refractivity contribution in [2.24, 2.45) is 17.3 Å². The van der Waals surface area contributed by atoms with Crippen molar-refractivity contribution in [1.82, 2.24) is 5.32 Å². The van der Waals surface area contributed by atoms with Gasteiger partial charge in [-0.1, -0.05) is 12.1 Å². The van der Waals surface area contributed by atoms with Crippen molar-refractivity contribution in [3.8, 4) is 11.5 Å². The lowest BCUT2D eigenvalue weighted by atomic mass is 9.48. The quantitative estimate of drug-likeness (QED) is 0.731. The van der Waals surface area contributed by atoms with Crippen LogP contribution in [-0.2, 0) is 14.3 Å². The second kappa shape index (κ2) is 6.90. The molecule has 4 fully saturated rings. The lowest BCUT2D eigenvalue weighted by molar-refractivity contribution is -0.196. The fraction of sp³-hybridized carbons (Fsp3) is 0.636. The van der Waals surface area contributed by atoms with Crippen molar-refractivity contribution in [3.05, 3.63) is 24.3 Å². The Morgan fingerprint density at radius 2 is 1.86 bits per heavy atom. The number of fused-ring (bicyclic) bond motifs is 1. The van der Waals surface area contributed by atoms with E-state index in [-0.39, 0.29) is 31.1 Å². The number of ether oxygens (including phenoxy) is 3. The molecule has 29 heavy (non-hydrogen) atoms. The number of aliphatic hydroxyl groups is 1. The molecular weight excluding hydrogens is 374 g/mol. The predicted molar refractivity (Wildman–Crippen MR) is 102 cm³/mol. The van der Waals surface area contributed by atoms with Crippen LogP contribution in [0, 0.1) is 17.3 Å². The average Bonchev–Trinajstić information content (AvgIpc) is 2.68. The minimum Gasteiger partial charge on any atom is -0.486 e. The Balaban J connectivity index is 1.11. The van der Waals surface area contributed by atoms with E-state index in [4.69, 9.17) is 14.2 Å². The van der Waals surface area contributed by atoms with E-state index in [1.165, 1.54) is 0 Å². The van der Waals surface area contributed by atoms with Gasteiger partial charge in [0, 0.05) is 0 Å². The SMILES string of the molecule is O=C(COC(=O)C12C[C@@H]3C[C@@H](CC(O)(C3)C1)C2)NC[C@@H]1COc2ccccc2O1. The van der Waals surface area contributed by atoms with E-state index >= 15 is 0 Å². The van der Waals surface area contributed by atoms with Gasteiger partial charge in [0.25, 0.3) is 5.91 Å². The van der Waals surface area contributed by atoms with Crippen molar-refractivity contribution in [2.75, 3.05) is 19.8 Å². The van der Waals surface area contributed by atoms with Gasteiger partial charge in [-0.15, -0.1) is 0 Å². The van der Waals surface area contributed by atoms with Gasteiger partial charge in [-0.05, 0) is 62.5 Å². The van der Waals surface area contributed by atoms with E-state index in [0.717, 1.165) is 32.1 Å². The van der Waals surface area contributed by atoms with Crippen LogP contribution in [0.25, 0.3) is 0 Å². The Labute approximate surface area is 169 Å². The summed E-state index contributed by atoms with van der Waals surface area (Å²) in [4.78, 5) is 25.0. The normalized spacial score (nSPS) is 36.5. The van der Waals surface area contributed by atoms with Crippen LogP contribution in [0.2, 0.25) is 0 Å². The molecule has 1 aromatic carbocycles. The second-order valence-electron chi connectivity index (χ2n) is 9.34. The minimum atomic E-state index is -0.722. The Kier molecular flexibility index (Phi) is 4.46. The number of carbonyl (C=O) groups is 2. The van der Waals surface area contributed by atoms with E-state index < -0.39 is 11.0 Å². The van der Waals surface area contributed by atoms with Gasteiger partial charge in [0.05, 0.1) is 17.6 Å². The Morgan fingerprint density at radius 1 is 1.14 bits per heavy atom. The summed E-state index contributed by atoms with van der Waals surface area (Å²) in [5.41, 5.74) is -1.33. The summed E-state index contributed by atoms with van der Waals surface area (Å²) in [6, 6.07) is 7.40. The fourth-order valence-electron chi connectivity index (χ4n) is 6.18. The van der Waals surface area contributed by atoms with Crippen LogP contribution in [0.15, 0.2) is 24.3 Å². The third-order valence-electron chi connectivity index (χ3n) is 6.89. The first-order chi connectivity index (χ1) is 13.9. The summed E-state index contributed by atoms with van der Waals surface area (Å²) in [5, 5.41) is 13.5. The highest BCUT2D eigenvalue weighted by atomic mass is 16.6. The van der Waals surface area contributed by atoms with Crippen molar-refractivity contribution in [1.29, 1.82) is 0 Å². The fourth-order valence-corrected chi connectivity index (χ4v) is 6.18. The standard InChI is InChI=1S/C22H27NO6/c24-19(23-10-16-11-27-17-3-1-2-4-18(17)29-16)12-28-20(25)21-6-14-5-15(7-21)9-22(26,8-14)13-21/h1-4,14-16,26H,5-13H2,(H,23,24)/t14-,15+,16-,21?,22?/m1/s1. The summed E-state index contributed by atoms with van der Waals surface area (Å²) in [5.74, 6) is 1.46. The molecular formula is C22H27NO6. The van der Waals surface area contributed by atoms with Gasteiger partial charge in [0.1, 0.15) is 12.7 Å². The van der Waals surface area contributed by atoms with Crippen LogP contribution >= 0.6 is 0 Å². The van der Waals surface area contributed by atoms with Crippen LogP contribution in [0.4, 0.5) is 0 Å². The van der Waals surface area contributed by atoms with Gasteiger partial charge in [-0.3, -0.25) is 9.59 Å². The number of carbonyl (C=O) groups excluding carboxylic acids is 2. The molecule has 5 aliphatic rings. The van der Waals surface area contributed by atoms with Crippen molar-refractivity contribution in [2.45, 2.75) is 50.2 Å². The first kappa shape index (κ1) is 18.7. The number of amides is 1. The maximum absolute atomic E-state index is 12.8. The highest BCUT2D eigenvalue weighted by Crippen LogP contribution is 2.61. The lowest BCUT2D eigenvalue weighted by Gasteiger charge is -2.58. The summed E-state index contributed by atoms with van der Waals surface area (Å²) in [6.45, 7) is 0.319. The molecule has 0 radical (unpaired) electrons. The number of hydrogen-bond acceptors (Lipinski definition) is 6. The van der Waals surface area contributed by atoms with Gasteiger partial charge in [-0.2, -0.15) is 0 Å². The molecule has 1 heterocycles. The maximum atomic E-state index is 12.8. The second-order valence-corrected chi connectivity index (χ2v) is 9.34. The average molecular weight is 401 g/mol. The molecule has 156 valence electrons. The summed E-state index contributed by atoms with van der Waals surface area (Å²) in [6.07, 6.45) is 4.43. The molecule has 4 saturated carbocycles. The van der Waals surface area contributed by atoms with Crippen molar-refractivity contribution < 1.29 is 28.9 Å². The van der Waals surface area contributed by atoms with Gasteiger partial charge >= 0.3 is 5.97 Å². The number of para-hydroxylation sites is 2. The lowest BCUT2D eigenvalue weighted by Crippen LogP contribution is -2.58. The zero-order chi connectivity index (χ0) is 20.1. The molecule has 2 unspecified atom stereocenters. The van der Waals surface area contributed by atoms with Gasteiger partial charge in [0.15, 0.2) is 18.1 Å². The van der Waals surface area contributed by atoms with E-state index in [2.05, 4.69) is 5.32 Å². The molecule has 4 aliphatic carbocycles. The highest BCUT2D eigenvalue weighted by molar-refractivity contribution is 5.83. The monoisotopic (exact) mass is 401 g/mol. The zero-order valence-corrected chi connectivity index (χ0v) is 16.4. The first-order valence-electron chi connectivity index (χ1n) is 10.5. The number of rotatable bonds is 5. The number of esters is 1. The van der Waals surface area contributed by atoms with E-state index in [1.807, 2.05) is 24.3 Å². The number of hydrogen-bond donors (Lipinski definition) is 2. The zero-order valence-electron chi connectivity index (χ0n) is 16.4. The molecule has 0 aromatic heterocycles. The molecule has 1 aromatic rings. The molecule has 5 atom stereocenters. The van der Waals surface area contributed by atoms with Crippen molar-refractivity contribution in [3.63, 3.8) is 0 Å². The summed E-state index contributed by atoms with van der Waals surface area (Å²) >= 11 is 0. The third kappa shape index (κ3) is 3.56. The Morgan fingerprint density at radius 3 is 2.59 bits per heavy atom. The first-order valence-corrected chi connectivity index (χ1v) is 10.5. The van der Waals surface area contributed by atoms with Gasteiger partial charge in [-0.25, -0.2) is 0 Å². The topological polar surface area (TPSA) is 94.1 Å². The van der Waals surface area contributed by atoms with Crippen LogP contribution < -0.4 is 14.8 Å². The third-order valence-corrected chi connectivity index (χ3v) is 6.89. The predicted octanol–water partition coefficient (Wildman–Crippen LogP) is 1.82. The number of nitrogens with one attached hydrogen (secondary N) is 1. The molecule has 7 nitrogen and oxygen atoms in total. The van der Waals surface area contributed by atoms with E-state index in [9.17, 15) is 14.7 Å². The minimum absolute atomic E-state index is 0.278. The van der Waals surface area contributed by atoms with E-state index in [0.29, 0.717) is 36.4 Å². The van der Waals surface area contributed by atoms with Crippen LogP contribution in [0.1, 0.15) is 38.5 Å². The Bertz CT molecular complexity index is 809. The highest BCUT2D eigenvalue weighted by Gasteiger charge is 2.60.